The molecule has 0 saturated carbocycles. The van der Waals surface area contributed by atoms with Crippen LogP contribution in [0, 0.1) is 12.3 Å². The molecule has 0 rings (SSSR count). The summed E-state index contributed by atoms with van der Waals surface area (Å²) in [6, 6.07) is 0. The molecule has 0 spiro atoms. The first-order valence-corrected chi connectivity index (χ1v) is 3.32. The SMILES string of the molecule is C#CCCCC(=O)C(C)O. The molecule has 0 aromatic carbocycles. The monoisotopic (exact) mass is 140 g/mol. The van der Waals surface area contributed by atoms with Gasteiger partial charge in [-0.15, -0.1) is 12.3 Å². The highest BCUT2D eigenvalue weighted by Gasteiger charge is 2.06. The second-order valence-corrected chi connectivity index (χ2v) is 2.20. The number of rotatable bonds is 4. The van der Waals surface area contributed by atoms with Gasteiger partial charge in [-0.2, -0.15) is 0 Å². The number of carbonyl (C=O) groups excluding carboxylic acids is 1. The van der Waals surface area contributed by atoms with Crippen molar-refractivity contribution in [3.8, 4) is 12.3 Å². The van der Waals surface area contributed by atoms with Crippen LogP contribution in [0.25, 0.3) is 0 Å². The maximum absolute atomic E-state index is 10.7. The highest BCUT2D eigenvalue weighted by Crippen LogP contribution is 1.97. The van der Waals surface area contributed by atoms with Gasteiger partial charge in [0.2, 0.25) is 0 Å². The Morgan fingerprint density at radius 1 is 1.80 bits per heavy atom. The lowest BCUT2D eigenvalue weighted by molar-refractivity contribution is -0.126. The van der Waals surface area contributed by atoms with Crippen molar-refractivity contribution < 1.29 is 9.90 Å². The van der Waals surface area contributed by atoms with Crippen LogP contribution < -0.4 is 0 Å². The molecule has 0 saturated heterocycles. The number of hydrogen-bond donors (Lipinski definition) is 1. The molecule has 1 atom stereocenters. The number of terminal acetylenes is 1. The van der Waals surface area contributed by atoms with E-state index >= 15 is 0 Å². The highest BCUT2D eigenvalue weighted by atomic mass is 16.3. The maximum atomic E-state index is 10.7. The first-order chi connectivity index (χ1) is 4.68. The Balaban J connectivity index is 3.33. The molecule has 0 aliphatic rings. The Morgan fingerprint density at radius 3 is 2.80 bits per heavy atom. The summed E-state index contributed by atoms with van der Waals surface area (Å²) in [5.74, 6) is 2.30. The van der Waals surface area contributed by atoms with E-state index in [4.69, 9.17) is 11.5 Å². The molecule has 2 nitrogen and oxygen atoms in total. The number of carbonyl (C=O) groups is 1. The van der Waals surface area contributed by atoms with Gasteiger partial charge < -0.3 is 5.11 Å². The van der Waals surface area contributed by atoms with E-state index < -0.39 is 6.10 Å². The number of ketones is 1. The normalized spacial score (nSPS) is 12.1. The molecule has 0 aromatic rings. The number of unbranched alkanes of at least 4 members (excludes halogenated alkanes) is 1. The fourth-order valence-corrected chi connectivity index (χ4v) is 0.574. The zero-order valence-electron chi connectivity index (χ0n) is 6.13. The van der Waals surface area contributed by atoms with Gasteiger partial charge in [-0.05, 0) is 13.3 Å². The van der Waals surface area contributed by atoms with E-state index in [1.807, 2.05) is 0 Å². The molecule has 0 aliphatic carbocycles. The molecule has 1 N–H and O–H groups in total. The Hall–Kier alpha value is -0.810. The lowest BCUT2D eigenvalue weighted by Crippen LogP contribution is -2.15. The summed E-state index contributed by atoms with van der Waals surface area (Å²) < 4.78 is 0. The van der Waals surface area contributed by atoms with Gasteiger partial charge in [0.1, 0.15) is 6.10 Å². The third kappa shape index (κ3) is 4.11. The van der Waals surface area contributed by atoms with E-state index in [0.717, 1.165) is 0 Å². The largest absolute Gasteiger partial charge is 0.386 e. The topological polar surface area (TPSA) is 37.3 Å². The zero-order chi connectivity index (χ0) is 7.98. The predicted molar refractivity (Wildman–Crippen MR) is 39.4 cm³/mol. The molecular weight excluding hydrogens is 128 g/mol. The first-order valence-electron chi connectivity index (χ1n) is 3.32. The van der Waals surface area contributed by atoms with E-state index in [0.29, 0.717) is 19.3 Å². The average Bonchev–Trinajstić information content (AvgIpc) is 1.88. The number of aliphatic hydroxyl groups excluding tert-OH is 1. The van der Waals surface area contributed by atoms with Crippen molar-refractivity contribution in [1.82, 2.24) is 0 Å². The van der Waals surface area contributed by atoms with Crippen LogP contribution in [0.4, 0.5) is 0 Å². The Kier molecular flexibility index (Phi) is 4.61. The van der Waals surface area contributed by atoms with Crippen LogP contribution in [0.5, 0.6) is 0 Å². The van der Waals surface area contributed by atoms with Crippen molar-refractivity contribution in [2.75, 3.05) is 0 Å². The molecular formula is C8H12O2. The molecule has 0 heterocycles. The van der Waals surface area contributed by atoms with Crippen LogP contribution in [-0.4, -0.2) is 17.0 Å². The predicted octanol–water partition coefficient (Wildman–Crippen LogP) is 0.740. The van der Waals surface area contributed by atoms with Gasteiger partial charge >= 0.3 is 0 Å². The van der Waals surface area contributed by atoms with E-state index in [1.54, 1.807) is 0 Å². The molecule has 0 radical (unpaired) electrons. The fraction of sp³-hybridized carbons (Fsp3) is 0.625. The molecule has 0 amide bonds. The van der Waals surface area contributed by atoms with Crippen molar-refractivity contribution in [1.29, 1.82) is 0 Å². The zero-order valence-corrected chi connectivity index (χ0v) is 6.13. The van der Waals surface area contributed by atoms with Gasteiger partial charge in [-0.3, -0.25) is 4.79 Å². The fourth-order valence-electron chi connectivity index (χ4n) is 0.574. The molecule has 10 heavy (non-hydrogen) atoms. The minimum Gasteiger partial charge on any atom is -0.386 e. The molecule has 0 bridgehead atoms. The van der Waals surface area contributed by atoms with E-state index in [1.165, 1.54) is 6.92 Å². The number of hydrogen-bond acceptors (Lipinski definition) is 2. The van der Waals surface area contributed by atoms with Crippen molar-refractivity contribution in [3.05, 3.63) is 0 Å². The number of Topliss-reactive ketones (excluding diaryl/α,β-unsaturated/α-hetero) is 1. The smallest absolute Gasteiger partial charge is 0.161 e. The number of aliphatic hydroxyl groups is 1. The second kappa shape index (κ2) is 5.01. The molecule has 56 valence electrons. The van der Waals surface area contributed by atoms with Crippen LogP contribution >= 0.6 is 0 Å². The van der Waals surface area contributed by atoms with Crippen LogP contribution in [0.15, 0.2) is 0 Å². The van der Waals surface area contributed by atoms with Gasteiger partial charge in [0.15, 0.2) is 5.78 Å². The highest BCUT2D eigenvalue weighted by molar-refractivity contribution is 5.82. The minimum absolute atomic E-state index is 0.129. The van der Waals surface area contributed by atoms with Crippen LogP contribution in [-0.2, 0) is 4.79 Å². The second-order valence-electron chi connectivity index (χ2n) is 2.20. The lowest BCUT2D eigenvalue weighted by atomic mass is 10.1. The van der Waals surface area contributed by atoms with Crippen LogP contribution in [0.3, 0.4) is 0 Å². The minimum atomic E-state index is -0.835. The van der Waals surface area contributed by atoms with Crippen molar-refractivity contribution >= 4 is 5.78 Å². The summed E-state index contributed by atoms with van der Waals surface area (Å²) in [5, 5.41) is 8.72. The summed E-state index contributed by atoms with van der Waals surface area (Å²) in [4.78, 5) is 10.7. The lowest BCUT2D eigenvalue weighted by Gasteiger charge is -1.99. The average molecular weight is 140 g/mol. The standard InChI is InChI=1S/C8H12O2/c1-3-4-5-6-8(10)7(2)9/h1,7,9H,4-6H2,2H3. The maximum Gasteiger partial charge on any atom is 0.161 e. The third-order valence-corrected chi connectivity index (χ3v) is 1.21. The van der Waals surface area contributed by atoms with Crippen LogP contribution in [0.2, 0.25) is 0 Å². The summed E-state index contributed by atoms with van der Waals surface area (Å²) in [6.45, 7) is 1.47. The molecule has 1 unspecified atom stereocenters. The Morgan fingerprint density at radius 2 is 2.40 bits per heavy atom. The van der Waals surface area contributed by atoms with Gasteiger partial charge in [-0.1, -0.05) is 0 Å². The quantitative estimate of drug-likeness (QED) is 0.462. The van der Waals surface area contributed by atoms with Gasteiger partial charge in [0.05, 0.1) is 0 Å². The van der Waals surface area contributed by atoms with E-state index in [-0.39, 0.29) is 5.78 Å². The van der Waals surface area contributed by atoms with Crippen molar-refractivity contribution in [2.45, 2.75) is 32.3 Å². The molecule has 0 aliphatic heterocycles. The van der Waals surface area contributed by atoms with E-state index in [2.05, 4.69) is 5.92 Å². The van der Waals surface area contributed by atoms with Crippen molar-refractivity contribution in [2.24, 2.45) is 0 Å². The molecule has 0 aromatic heterocycles. The summed E-state index contributed by atoms with van der Waals surface area (Å²) in [7, 11) is 0. The Bertz CT molecular complexity index is 142. The van der Waals surface area contributed by atoms with Gasteiger partial charge in [0, 0.05) is 12.8 Å². The molecule has 2 heteroatoms. The summed E-state index contributed by atoms with van der Waals surface area (Å²) in [5.41, 5.74) is 0. The van der Waals surface area contributed by atoms with Gasteiger partial charge in [0.25, 0.3) is 0 Å². The van der Waals surface area contributed by atoms with E-state index in [9.17, 15) is 4.79 Å². The first kappa shape index (κ1) is 9.19. The van der Waals surface area contributed by atoms with Gasteiger partial charge in [-0.25, -0.2) is 0 Å². The van der Waals surface area contributed by atoms with Crippen molar-refractivity contribution in [3.63, 3.8) is 0 Å². The molecule has 0 fully saturated rings. The van der Waals surface area contributed by atoms with Crippen LogP contribution in [0.1, 0.15) is 26.2 Å². The summed E-state index contributed by atoms with van der Waals surface area (Å²) in [6.07, 6.45) is 5.81. The summed E-state index contributed by atoms with van der Waals surface area (Å²) >= 11 is 0. The Labute approximate surface area is 61.2 Å². The third-order valence-electron chi connectivity index (χ3n) is 1.21.